The van der Waals surface area contributed by atoms with Crippen LogP contribution >= 0.6 is 24.8 Å². The number of carbonyl (C=O) groups excluding carboxylic acids is 1. The molecule has 0 unspecified atom stereocenters. The molecule has 1 aliphatic rings. The molecular weight excluding hydrogens is 405 g/mol. The molecule has 2 aromatic carbocycles. The number of nitrogens with zero attached hydrogens (tertiary/aromatic N) is 2. The van der Waals surface area contributed by atoms with Gasteiger partial charge in [0.25, 0.3) is 0 Å². The zero-order valence-electron chi connectivity index (χ0n) is 17.2. The van der Waals surface area contributed by atoms with Gasteiger partial charge in [0.15, 0.2) is 0 Å². The van der Waals surface area contributed by atoms with Crippen LogP contribution in [0, 0.1) is 5.92 Å². The lowest BCUT2D eigenvalue weighted by molar-refractivity contribution is -0.135. The van der Waals surface area contributed by atoms with Gasteiger partial charge >= 0.3 is 0 Å². The molecule has 1 atom stereocenters. The van der Waals surface area contributed by atoms with Crippen molar-refractivity contribution in [3.05, 3.63) is 71.8 Å². The van der Waals surface area contributed by atoms with Crippen molar-refractivity contribution >= 4 is 30.7 Å². The molecular formula is C23H33Cl2N3O. The summed E-state index contributed by atoms with van der Waals surface area (Å²) in [5.74, 6) is 0.533. The Labute approximate surface area is 187 Å². The number of nitrogens with two attached hydrogens (primary N) is 1. The van der Waals surface area contributed by atoms with E-state index in [1.54, 1.807) is 0 Å². The molecule has 2 aromatic rings. The van der Waals surface area contributed by atoms with Crippen LogP contribution in [0.25, 0.3) is 0 Å². The summed E-state index contributed by atoms with van der Waals surface area (Å²) in [6, 6.07) is 21.1. The van der Waals surface area contributed by atoms with Gasteiger partial charge in [0.05, 0.1) is 12.1 Å². The zero-order chi connectivity index (χ0) is 19.2. The van der Waals surface area contributed by atoms with Crippen LogP contribution in [0.5, 0.6) is 0 Å². The SMILES string of the molecule is CC(C)C[C@H](N)C(=O)N1CCN(C(c2ccccc2)c2ccccc2)CC1.Cl.Cl. The molecule has 1 aliphatic heterocycles. The molecule has 0 saturated carbocycles. The normalized spacial score (nSPS) is 15.6. The number of carbonyl (C=O) groups is 1. The summed E-state index contributed by atoms with van der Waals surface area (Å²) >= 11 is 0. The van der Waals surface area contributed by atoms with Crippen molar-refractivity contribution in [2.45, 2.75) is 32.4 Å². The fourth-order valence-corrected chi connectivity index (χ4v) is 3.93. The lowest BCUT2D eigenvalue weighted by atomic mass is 9.96. The molecule has 1 fully saturated rings. The Kier molecular flexibility index (Phi) is 10.7. The van der Waals surface area contributed by atoms with E-state index in [0.29, 0.717) is 5.92 Å². The fourth-order valence-electron chi connectivity index (χ4n) is 3.93. The highest BCUT2D eigenvalue weighted by Crippen LogP contribution is 2.29. The smallest absolute Gasteiger partial charge is 0.239 e. The van der Waals surface area contributed by atoms with Crippen molar-refractivity contribution in [1.29, 1.82) is 0 Å². The van der Waals surface area contributed by atoms with Crippen LogP contribution < -0.4 is 5.73 Å². The highest BCUT2D eigenvalue weighted by molar-refractivity contribution is 5.85. The Morgan fingerprint density at radius 1 is 0.862 bits per heavy atom. The molecule has 0 radical (unpaired) electrons. The van der Waals surface area contributed by atoms with Gasteiger partial charge in [0.2, 0.25) is 5.91 Å². The summed E-state index contributed by atoms with van der Waals surface area (Å²) < 4.78 is 0. The Morgan fingerprint density at radius 3 is 1.72 bits per heavy atom. The molecule has 160 valence electrons. The number of benzene rings is 2. The molecule has 0 aliphatic carbocycles. The molecule has 3 rings (SSSR count). The minimum Gasteiger partial charge on any atom is -0.339 e. The largest absolute Gasteiger partial charge is 0.339 e. The van der Waals surface area contributed by atoms with Crippen LogP contribution in [0.1, 0.15) is 37.4 Å². The van der Waals surface area contributed by atoms with Crippen LogP contribution in [-0.4, -0.2) is 47.9 Å². The monoisotopic (exact) mass is 437 g/mol. The second-order valence-corrected chi connectivity index (χ2v) is 7.82. The van der Waals surface area contributed by atoms with E-state index in [2.05, 4.69) is 79.4 Å². The van der Waals surface area contributed by atoms with E-state index in [1.807, 2.05) is 4.90 Å². The van der Waals surface area contributed by atoms with E-state index in [1.165, 1.54) is 11.1 Å². The molecule has 0 aromatic heterocycles. The third-order valence-corrected chi connectivity index (χ3v) is 5.26. The quantitative estimate of drug-likeness (QED) is 0.738. The first-order valence-corrected chi connectivity index (χ1v) is 9.94. The van der Waals surface area contributed by atoms with Gasteiger partial charge in [-0.3, -0.25) is 9.69 Å². The maximum atomic E-state index is 12.6. The molecule has 4 nitrogen and oxygen atoms in total. The third kappa shape index (κ3) is 6.71. The van der Waals surface area contributed by atoms with E-state index in [9.17, 15) is 4.79 Å². The van der Waals surface area contributed by atoms with Gasteiger partial charge in [0, 0.05) is 26.2 Å². The number of halogens is 2. The summed E-state index contributed by atoms with van der Waals surface area (Å²) in [5.41, 5.74) is 8.70. The summed E-state index contributed by atoms with van der Waals surface area (Å²) in [6.07, 6.45) is 0.746. The van der Waals surface area contributed by atoms with Gasteiger partial charge in [0.1, 0.15) is 0 Å². The minimum atomic E-state index is -0.379. The maximum absolute atomic E-state index is 12.6. The zero-order valence-corrected chi connectivity index (χ0v) is 18.9. The number of rotatable bonds is 6. The highest BCUT2D eigenvalue weighted by atomic mass is 35.5. The summed E-state index contributed by atoms with van der Waals surface area (Å²) in [5, 5.41) is 0. The first-order valence-electron chi connectivity index (χ1n) is 9.94. The standard InChI is InChI=1S/C23H31N3O.2ClH/c1-18(2)17-21(24)23(27)26-15-13-25(14-16-26)22(19-9-5-3-6-10-19)20-11-7-4-8-12-20;;/h3-12,18,21-22H,13-17,24H2,1-2H3;2*1H/t21-;;/m0../s1. The van der Waals surface area contributed by atoms with E-state index >= 15 is 0 Å². The van der Waals surface area contributed by atoms with Crippen molar-refractivity contribution in [2.24, 2.45) is 11.7 Å². The first-order chi connectivity index (χ1) is 13.1. The lowest BCUT2D eigenvalue weighted by Crippen LogP contribution is -2.54. The summed E-state index contributed by atoms with van der Waals surface area (Å²) in [7, 11) is 0. The molecule has 29 heavy (non-hydrogen) atoms. The van der Waals surface area contributed by atoms with Gasteiger partial charge in [-0.2, -0.15) is 0 Å². The topological polar surface area (TPSA) is 49.6 Å². The van der Waals surface area contributed by atoms with Crippen LogP contribution in [0.2, 0.25) is 0 Å². The number of hydrogen-bond donors (Lipinski definition) is 1. The van der Waals surface area contributed by atoms with Crippen LogP contribution in [0.15, 0.2) is 60.7 Å². The fraction of sp³-hybridized carbons (Fsp3) is 0.435. The predicted molar refractivity (Wildman–Crippen MR) is 125 cm³/mol. The number of hydrogen-bond acceptors (Lipinski definition) is 3. The Morgan fingerprint density at radius 2 is 1.31 bits per heavy atom. The van der Waals surface area contributed by atoms with Crippen molar-refractivity contribution in [1.82, 2.24) is 9.80 Å². The second kappa shape index (κ2) is 12.2. The van der Waals surface area contributed by atoms with E-state index in [0.717, 1.165) is 32.6 Å². The molecule has 6 heteroatoms. The van der Waals surface area contributed by atoms with Crippen molar-refractivity contribution in [3.8, 4) is 0 Å². The predicted octanol–water partition coefficient (Wildman–Crippen LogP) is 4.14. The highest BCUT2D eigenvalue weighted by Gasteiger charge is 2.30. The van der Waals surface area contributed by atoms with Gasteiger partial charge < -0.3 is 10.6 Å². The summed E-state index contributed by atoms with van der Waals surface area (Å²) in [4.78, 5) is 17.0. The average Bonchev–Trinajstić information content (AvgIpc) is 2.69. The molecule has 0 bridgehead atoms. The summed E-state index contributed by atoms with van der Waals surface area (Å²) in [6.45, 7) is 7.40. The molecule has 1 saturated heterocycles. The Balaban J connectivity index is 0.00000210. The number of piperazine rings is 1. The van der Waals surface area contributed by atoms with Gasteiger partial charge in [-0.15, -0.1) is 24.8 Å². The molecule has 0 spiro atoms. The van der Waals surface area contributed by atoms with Gasteiger partial charge in [-0.25, -0.2) is 0 Å². The third-order valence-electron chi connectivity index (χ3n) is 5.26. The van der Waals surface area contributed by atoms with Crippen LogP contribution in [0.4, 0.5) is 0 Å². The van der Waals surface area contributed by atoms with Gasteiger partial charge in [-0.1, -0.05) is 74.5 Å². The van der Waals surface area contributed by atoms with Gasteiger partial charge in [-0.05, 0) is 23.5 Å². The maximum Gasteiger partial charge on any atom is 0.239 e. The second-order valence-electron chi connectivity index (χ2n) is 7.82. The molecule has 2 N–H and O–H groups in total. The Hall–Kier alpha value is -1.59. The minimum absolute atomic E-state index is 0. The molecule has 1 amide bonds. The van der Waals surface area contributed by atoms with Crippen molar-refractivity contribution in [3.63, 3.8) is 0 Å². The molecule has 1 heterocycles. The van der Waals surface area contributed by atoms with Crippen molar-refractivity contribution < 1.29 is 4.79 Å². The van der Waals surface area contributed by atoms with Crippen LogP contribution in [0.3, 0.4) is 0 Å². The van der Waals surface area contributed by atoms with E-state index in [4.69, 9.17) is 5.73 Å². The van der Waals surface area contributed by atoms with E-state index in [-0.39, 0.29) is 42.8 Å². The van der Waals surface area contributed by atoms with E-state index < -0.39 is 0 Å². The lowest BCUT2D eigenvalue weighted by Gasteiger charge is -2.40. The average molecular weight is 438 g/mol. The van der Waals surface area contributed by atoms with Crippen molar-refractivity contribution in [2.75, 3.05) is 26.2 Å². The Bertz CT molecular complexity index is 680. The number of amides is 1. The first kappa shape index (κ1) is 25.4. The van der Waals surface area contributed by atoms with Crippen LogP contribution in [-0.2, 0) is 4.79 Å².